The van der Waals surface area contributed by atoms with E-state index >= 15 is 0 Å². The van der Waals surface area contributed by atoms with Gasteiger partial charge < -0.3 is 10.6 Å². The lowest BCUT2D eigenvalue weighted by atomic mass is 10.1. The molecule has 2 N–H and O–H groups in total. The number of likely N-dealkylation sites (N-methyl/N-ethyl adjacent to an activating group) is 1. The van der Waals surface area contributed by atoms with Crippen LogP contribution in [0.3, 0.4) is 0 Å². The van der Waals surface area contributed by atoms with E-state index in [1.54, 1.807) is 12.3 Å². The van der Waals surface area contributed by atoms with E-state index in [4.69, 9.17) is 11.0 Å². The number of nitriles is 1. The molecule has 5 heteroatoms. The first kappa shape index (κ1) is 12.7. The molecule has 1 aromatic rings. The summed E-state index contributed by atoms with van der Waals surface area (Å²) in [5, 5.41) is 8.82. The maximum Gasteiger partial charge on any atom is 0.151 e. The molecule has 1 aliphatic heterocycles. The van der Waals surface area contributed by atoms with Crippen molar-refractivity contribution in [3.63, 3.8) is 0 Å². The number of hydrogen-bond acceptors (Lipinski definition) is 5. The van der Waals surface area contributed by atoms with Crippen molar-refractivity contribution < 1.29 is 0 Å². The number of anilines is 2. The number of nitrogens with zero attached hydrogens (tertiary/aromatic N) is 4. The van der Waals surface area contributed by atoms with Crippen molar-refractivity contribution in [2.75, 3.05) is 30.8 Å². The van der Waals surface area contributed by atoms with Gasteiger partial charge in [-0.1, -0.05) is 0 Å². The van der Waals surface area contributed by atoms with E-state index in [0.29, 0.717) is 23.3 Å². The van der Waals surface area contributed by atoms with Gasteiger partial charge in [-0.25, -0.2) is 4.98 Å². The van der Waals surface area contributed by atoms with Gasteiger partial charge in [0.25, 0.3) is 0 Å². The predicted molar refractivity (Wildman–Crippen MR) is 72.3 cm³/mol. The van der Waals surface area contributed by atoms with Gasteiger partial charge in [-0.15, -0.1) is 0 Å². The number of pyridine rings is 1. The minimum atomic E-state index is 0.464. The Balaban J connectivity index is 2.25. The lowest BCUT2D eigenvalue weighted by molar-refractivity contribution is 0.169. The molecule has 0 aromatic carbocycles. The van der Waals surface area contributed by atoms with Gasteiger partial charge >= 0.3 is 0 Å². The first-order valence-corrected chi connectivity index (χ1v) is 6.15. The minimum Gasteiger partial charge on any atom is -0.396 e. The molecule has 0 aliphatic carbocycles. The summed E-state index contributed by atoms with van der Waals surface area (Å²) in [6, 6.07) is 4.67. The number of hydrogen-bond donors (Lipinski definition) is 1. The Labute approximate surface area is 108 Å². The molecule has 2 unspecified atom stereocenters. The van der Waals surface area contributed by atoms with Crippen LogP contribution >= 0.6 is 0 Å². The van der Waals surface area contributed by atoms with Crippen molar-refractivity contribution in [1.82, 2.24) is 9.88 Å². The molecule has 0 bridgehead atoms. The van der Waals surface area contributed by atoms with Crippen LogP contribution in [0.15, 0.2) is 12.3 Å². The van der Waals surface area contributed by atoms with Crippen molar-refractivity contribution in [2.24, 2.45) is 0 Å². The Morgan fingerprint density at radius 2 is 2.00 bits per heavy atom. The van der Waals surface area contributed by atoms with Crippen molar-refractivity contribution in [3.8, 4) is 6.07 Å². The van der Waals surface area contributed by atoms with Crippen LogP contribution in [0.1, 0.15) is 19.4 Å². The number of nitrogens with two attached hydrogens (primary N) is 1. The largest absolute Gasteiger partial charge is 0.396 e. The fourth-order valence-electron chi connectivity index (χ4n) is 2.38. The van der Waals surface area contributed by atoms with Crippen LogP contribution < -0.4 is 10.6 Å². The third kappa shape index (κ3) is 2.24. The van der Waals surface area contributed by atoms with Gasteiger partial charge in [0.2, 0.25) is 0 Å². The third-order valence-corrected chi connectivity index (χ3v) is 3.68. The van der Waals surface area contributed by atoms with Gasteiger partial charge in [-0.05, 0) is 27.0 Å². The molecule has 1 saturated heterocycles. The normalized spacial score (nSPS) is 24.9. The molecular weight excluding hydrogens is 226 g/mol. The number of aromatic nitrogens is 1. The van der Waals surface area contributed by atoms with E-state index < -0.39 is 0 Å². The zero-order chi connectivity index (χ0) is 13.3. The van der Waals surface area contributed by atoms with Crippen LogP contribution in [0.4, 0.5) is 11.5 Å². The van der Waals surface area contributed by atoms with Gasteiger partial charge in [0.05, 0.1) is 11.3 Å². The van der Waals surface area contributed by atoms with Crippen molar-refractivity contribution in [2.45, 2.75) is 25.9 Å². The Bertz CT molecular complexity index is 467. The van der Waals surface area contributed by atoms with Crippen LogP contribution in [0.25, 0.3) is 0 Å². The summed E-state index contributed by atoms with van der Waals surface area (Å²) in [4.78, 5) is 8.88. The van der Waals surface area contributed by atoms with E-state index in [1.165, 1.54) is 0 Å². The maximum atomic E-state index is 8.82. The molecule has 96 valence electrons. The summed E-state index contributed by atoms with van der Waals surface area (Å²) in [6.07, 6.45) is 1.58. The van der Waals surface area contributed by atoms with Crippen molar-refractivity contribution in [1.29, 1.82) is 5.26 Å². The molecule has 2 rings (SSSR count). The molecule has 1 aromatic heterocycles. The SMILES string of the molecule is CC1CN(c2ncc(C#N)cc2N)CC(C)N1C. The second-order valence-electron chi connectivity index (χ2n) is 5.02. The fourth-order valence-corrected chi connectivity index (χ4v) is 2.38. The van der Waals surface area contributed by atoms with Crippen LogP contribution in [0.2, 0.25) is 0 Å². The second-order valence-corrected chi connectivity index (χ2v) is 5.02. The topological polar surface area (TPSA) is 69.2 Å². The number of nitrogen functional groups attached to an aromatic ring is 1. The second kappa shape index (κ2) is 4.83. The summed E-state index contributed by atoms with van der Waals surface area (Å²) in [5.74, 6) is 0.792. The van der Waals surface area contributed by atoms with Crippen molar-refractivity contribution in [3.05, 3.63) is 17.8 Å². The molecule has 1 aliphatic rings. The van der Waals surface area contributed by atoms with Gasteiger partial charge in [0.1, 0.15) is 6.07 Å². The highest BCUT2D eigenvalue weighted by Crippen LogP contribution is 2.25. The molecule has 2 atom stereocenters. The zero-order valence-electron chi connectivity index (χ0n) is 11.1. The molecule has 5 nitrogen and oxygen atoms in total. The molecule has 0 radical (unpaired) electrons. The number of piperazine rings is 1. The van der Waals surface area contributed by atoms with Crippen LogP contribution in [0.5, 0.6) is 0 Å². The van der Waals surface area contributed by atoms with E-state index in [9.17, 15) is 0 Å². The van der Waals surface area contributed by atoms with Gasteiger partial charge in [0, 0.05) is 31.4 Å². The molecule has 0 spiro atoms. The minimum absolute atomic E-state index is 0.464. The quantitative estimate of drug-likeness (QED) is 0.801. The van der Waals surface area contributed by atoms with E-state index in [0.717, 1.165) is 18.9 Å². The Morgan fingerprint density at radius 3 is 2.50 bits per heavy atom. The average Bonchev–Trinajstić information content (AvgIpc) is 2.35. The summed E-state index contributed by atoms with van der Waals surface area (Å²) in [7, 11) is 2.14. The summed E-state index contributed by atoms with van der Waals surface area (Å²) < 4.78 is 0. The van der Waals surface area contributed by atoms with Gasteiger partial charge in [-0.2, -0.15) is 5.26 Å². The molecule has 0 amide bonds. The van der Waals surface area contributed by atoms with E-state index in [2.05, 4.69) is 41.7 Å². The fraction of sp³-hybridized carbons (Fsp3) is 0.538. The first-order valence-electron chi connectivity index (χ1n) is 6.15. The molecule has 1 fully saturated rings. The van der Waals surface area contributed by atoms with Crippen molar-refractivity contribution >= 4 is 11.5 Å². The summed E-state index contributed by atoms with van der Waals surface area (Å²) in [6.45, 7) is 6.21. The van der Waals surface area contributed by atoms with Gasteiger partial charge in [-0.3, -0.25) is 4.90 Å². The first-order chi connectivity index (χ1) is 8.52. The van der Waals surface area contributed by atoms with Crippen LogP contribution in [-0.4, -0.2) is 42.1 Å². The highest BCUT2D eigenvalue weighted by atomic mass is 15.3. The maximum absolute atomic E-state index is 8.82. The smallest absolute Gasteiger partial charge is 0.151 e. The lowest BCUT2D eigenvalue weighted by Crippen LogP contribution is -2.55. The molecular formula is C13H19N5. The monoisotopic (exact) mass is 245 g/mol. The van der Waals surface area contributed by atoms with E-state index in [-0.39, 0.29) is 0 Å². The third-order valence-electron chi connectivity index (χ3n) is 3.68. The Hall–Kier alpha value is -1.80. The van der Waals surface area contributed by atoms with Crippen LogP contribution in [0, 0.1) is 11.3 Å². The highest BCUT2D eigenvalue weighted by Gasteiger charge is 2.28. The Morgan fingerprint density at radius 1 is 1.39 bits per heavy atom. The molecule has 0 saturated carbocycles. The summed E-state index contributed by atoms with van der Waals surface area (Å²) in [5.41, 5.74) is 7.07. The number of rotatable bonds is 1. The van der Waals surface area contributed by atoms with Crippen LogP contribution in [-0.2, 0) is 0 Å². The Kier molecular flexibility index (Phi) is 3.39. The highest BCUT2D eigenvalue weighted by molar-refractivity contribution is 5.64. The summed E-state index contributed by atoms with van der Waals surface area (Å²) >= 11 is 0. The predicted octanol–water partition coefficient (Wildman–Crippen LogP) is 1.06. The molecule has 18 heavy (non-hydrogen) atoms. The van der Waals surface area contributed by atoms with E-state index in [1.807, 2.05) is 0 Å². The lowest BCUT2D eigenvalue weighted by Gasteiger charge is -2.43. The zero-order valence-corrected chi connectivity index (χ0v) is 11.1. The standard InChI is InChI=1S/C13H19N5/c1-9-7-18(8-10(2)17(9)3)13-12(15)4-11(5-14)6-16-13/h4,6,9-10H,7-8,15H2,1-3H3. The molecule has 2 heterocycles. The van der Waals surface area contributed by atoms with Gasteiger partial charge in [0.15, 0.2) is 5.82 Å². The average molecular weight is 245 g/mol.